The second-order valence-electron chi connectivity index (χ2n) is 5.56. The molecule has 0 amide bonds. The summed E-state index contributed by atoms with van der Waals surface area (Å²) in [4.78, 5) is 19.3. The third-order valence-electron chi connectivity index (χ3n) is 3.89. The summed E-state index contributed by atoms with van der Waals surface area (Å²) in [6, 6.07) is 0.175. The molecule has 4 nitrogen and oxygen atoms in total. The van der Waals surface area contributed by atoms with Gasteiger partial charge in [0.15, 0.2) is 5.82 Å². The fraction of sp³-hybridized carbons (Fsp3) is 0.714. The Kier molecular flexibility index (Phi) is 4.66. The molecule has 0 aliphatic carbocycles. The molecule has 1 atom stereocenters. The van der Waals surface area contributed by atoms with Gasteiger partial charge in [0.05, 0.1) is 0 Å². The lowest BCUT2D eigenvalue weighted by atomic mass is 9.94. The van der Waals surface area contributed by atoms with Crippen molar-refractivity contribution in [1.82, 2.24) is 9.55 Å². The van der Waals surface area contributed by atoms with E-state index in [1.165, 1.54) is 0 Å². The quantitative estimate of drug-likeness (QED) is 0.801. The minimum absolute atomic E-state index is 0.0304. The number of aromatic nitrogens is 2. The molecule has 1 aliphatic rings. The van der Waals surface area contributed by atoms with Gasteiger partial charge in [0, 0.05) is 36.4 Å². The maximum atomic E-state index is 12.4. The summed E-state index contributed by atoms with van der Waals surface area (Å²) >= 11 is 3.66. The molecule has 2 heterocycles. The van der Waals surface area contributed by atoms with Crippen LogP contribution in [0.5, 0.6) is 0 Å². The first kappa shape index (κ1) is 14.6. The molecule has 0 radical (unpaired) electrons. The van der Waals surface area contributed by atoms with Crippen LogP contribution in [0, 0.1) is 5.92 Å². The molecule has 5 heteroatoms. The first-order valence-electron chi connectivity index (χ1n) is 6.97. The first-order valence-corrected chi connectivity index (χ1v) is 7.88. The van der Waals surface area contributed by atoms with Gasteiger partial charge in [-0.25, -0.2) is 4.98 Å². The lowest BCUT2D eigenvalue weighted by Crippen LogP contribution is -2.40. The van der Waals surface area contributed by atoms with Crippen LogP contribution in [0.3, 0.4) is 0 Å². The second-order valence-corrected chi connectivity index (χ2v) is 7.00. The summed E-state index contributed by atoms with van der Waals surface area (Å²) in [6.45, 7) is 8.08. The number of piperidine rings is 1. The topological polar surface area (TPSA) is 38.1 Å². The smallest absolute Gasteiger partial charge is 0.293 e. The van der Waals surface area contributed by atoms with Gasteiger partial charge in [-0.3, -0.25) is 4.79 Å². The van der Waals surface area contributed by atoms with Gasteiger partial charge in [-0.1, -0.05) is 22.9 Å². The highest BCUT2D eigenvalue weighted by Gasteiger charge is 2.24. The molecule has 0 spiro atoms. The number of anilines is 1. The van der Waals surface area contributed by atoms with Gasteiger partial charge >= 0.3 is 0 Å². The molecule has 0 N–H and O–H groups in total. The zero-order chi connectivity index (χ0) is 14.0. The molecule has 0 saturated carbocycles. The molecule has 1 aromatic heterocycles. The second kappa shape index (κ2) is 6.07. The van der Waals surface area contributed by atoms with E-state index in [0.717, 1.165) is 25.9 Å². The zero-order valence-corrected chi connectivity index (χ0v) is 13.4. The summed E-state index contributed by atoms with van der Waals surface area (Å²) in [5.41, 5.74) is 0.0304. The highest BCUT2D eigenvalue weighted by atomic mass is 79.9. The van der Waals surface area contributed by atoms with Crippen LogP contribution in [0.4, 0.5) is 5.82 Å². The molecule has 1 unspecified atom stereocenters. The SMILES string of the molecule is CC(Br)C1CCN(c2nccn(C(C)C)c2=O)CC1. The van der Waals surface area contributed by atoms with E-state index >= 15 is 0 Å². The average Bonchev–Trinajstić information content (AvgIpc) is 2.38. The Morgan fingerprint density at radius 1 is 1.32 bits per heavy atom. The number of hydrogen-bond donors (Lipinski definition) is 0. The van der Waals surface area contributed by atoms with E-state index in [9.17, 15) is 4.79 Å². The van der Waals surface area contributed by atoms with Gasteiger partial charge in [-0.2, -0.15) is 0 Å². The maximum Gasteiger partial charge on any atom is 0.293 e. The Hall–Kier alpha value is -0.840. The highest BCUT2D eigenvalue weighted by molar-refractivity contribution is 9.09. The van der Waals surface area contributed by atoms with Crippen molar-refractivity contribution in [3.8, 4) is 0 Å². The number of rotatable bonds is 3. The Balaban J connectivity index is 2.16. The largest absolute Gasteiger partial charge is 0.352 e. The molecule has 1 saturated heterocycles. The third kappa shape index (κ3) is 3.19. The van der Waals surface area contributed by atoms with Gasteiger partial charge in [-0.05, 0) is 32.6 Å². The van der Waals surface area contributed by atoms with Crippen LogP contribution < -0.4 is 10.5 Å². The van der Waals surface area contributed by atoms with Crippen molar-refractivity contribution >= 4 is 21.7 Å². The Bertz CT molecular complexity index is 476. The van der Waals surface area contributed by atoms with E-state index in [1.54, 1.807) is 17.0 Å². The lowest BCUT2D eigenvalue weighted by molar-refractivity contribution is 0.404. The average molecular weight is 328 g/mol. The van der Waals surface area contributed by atoms with Crippen molar-refractivity contribution in [2.75, 3.05) is 18.0 Å². The number of nitrogens with zero attached hydrogens (tertiary/aromatic N) is 3. The lowest BCUT2D eigenvalue weighted by Gasteiger charge is -2.33. The van der Waals surface area contributed by atoms with Crippen LogP contribution >= 0.6 is 15.9 Å². The molecule has 0 bridgehead atoms. The van der Waals surface area contributed by atoms with Crippen LogP contribution in [-0.2, 0) is 0 Å². The summed E-state index contributed by atoms with van der Waals surface area (Å²) in [5, 5.41) is 0. The summed E-state index contributed by atoms with van der Waals surface area (Å²) in [7, 11) is 0. The van der Waals surface area contributed by atoms with Crippen LogP contribution in [0.1, 0.15) is 39.7 Å². The van der Waals surface area contributed by atoms with Crippen molar-refractivity contribution in [3.63, 3.8) is 0 Å². The molecule has 2 rings (SSSR count). The molecular weight excluding hydrogens is 306 g/mol. The van der Waals surface area contributed by atoms with E-state index in [-0.39, 0.29) is 11.6 Å². The van der Waals surface area contributed by atoms with Crippen LogP contribution in [0.2, 0.25) is 0 Å². The molecule has 106 valence electrons. The maximum absolute atomic E-state index is 12.4. The van der Waals surface area contributed by atoms with Gasteiger partial charge in [0.1, 0.15) is 0 Å². The molecule has 1 aromatic rings. The van der Waals surface area contributed by atoms with E-state index < -0.39 is 0 Å². The number of alkyl halides is 1. The molecular formula is C14H22BrN3O. The normalized spacial score (nSPS) is 18.9. The van der Waals surface area contributed by atoms with Gasteiger partial charge in [0.25, 0.3) is 5.56 Å². The van der Waals surface area contributed by atoms with Crippen LogP contribution in [0.25, 0.3) is 0 Å². The monoisotopic (exact) mass is 327 g/mol. The summed E-state index contributed by atoms with van der Waals surface area (Å²) in [5.74, 6) is 1.31. The molecule has 19 heavy (non-hydrogen) atoms. The number of halogens is 1. The first-order chi connectivity index (χ1) is 9.00. The van der Waals surface area contributed by atoms with Crippen molar-refractivity contribution in [3.05, 3.63) is 22.7 Å². The van der Waals surface area contributed by atoms with Crippen molar-refractivity contribution in [2.45, 2.75) is 44.5 Å². The summed E-state index contributed by atoms with van der Waals surface area (Å²) < 4.78 is 1.75. The molecule has 0 aromatic carbocycles. The van der Waals surface area contributed by atoms with E-state index in [4.69, 9.17) is 0 Å². The fourth-order valence-electron chi connectivity index (χ4n) is 2.61. The van der Waals surface area contributed by atoms with Crippen molar-refractivity contribution < 1.29 is 0 Å². The Morgan fingerprint density at radius 2 is 1.95 bits per heavy atom. The molecule has 1 aliphatic heterocycles. The Labute approximate surface area is 123 Å². The van der Waals surface area contributed by atoms with Crippen LogP contribution in [0.15, 0.2) is 17.2 Å². The Morgan fingerprint density at radius 3 is 2.47 bits per heavy atom. The predicted octanol–water partition coefficient (Wildman–Crippen LogP) is 2.82. The van der Waals surface area contributed by atoms with E-state index in [1.807, 2.05) is 13.8 Å². The minimum atomic E-state index is 0.0304. The summed E-state index contributed by atoms with van der Waals surface area (Å²) in [6.07, 6.45) is 5.73. The van der Waals surface area contributed by atoms with Gasteiger partial charge in [0.2, 0.25) is 0 Å². The number of hydrogen-bond acceptors (Lipinski definition) is 3. The highest BCUT2D eigenvalue weighted by Crippen LogP contribution is 2.26. The minimum Gasteiger partial charge on any atom is -0.352 e. The van der Waals surface area contributed by atoms with Gasteiger partial charge in [-0.15, -0.1) is 0 Å². The zero-order valence-electron chi connectivity index (χ0n) is 11.8. The predicted molar refractivity (Wildman–Crippen MR) is 82.2 cm³/mol. The van der Waals surface area contributed by atoms with Crippen molar-refractivity contribution in [2.24, 2.45) is 5.92 Å². The third-order valence-corrected chi connectivity index (χ3v) is 4.64. The van der Waals surface area contributed by atoms with E-state index in [2.05, 4.69) is 32.7 Å². The molecule has 1 fully saturated rings. The standard InChI is InChI=1S/C14H22BrN3O/c1-10(2)18-9-6-16-13(14(18)19)17-7-4-12(5-8-17)11(3)15/h6,9-12H,4-5,7-8H2,1-3H3. The fourth-order valence-corrected chi connectivity index (χ4v) is 3.14. The van der Waals surface area contributed by atoms with Gasteiger partial charge < -0.3 is 9.47 Å². The van der Waals surface area contributed by atoms with Crippen LogP contribution in [-0.4, -0.2) is 27.5 Å². The van der Waals surface area contributed by atoms with E-state index in [0.29, 0.717) is 16.6 Å². The van der Waals surface area contributed by atoms with Crippen molar-refractivity contribution in [1.29, 1.82) is 0 Å².